The fourth-order valence-electron chi connectivity index (χ4n) is 1.11. The van der Waals surface area contributed by atoms with Gasteiger partial charge in [-0.15, -0.1) is 0 Å². The molecule has 5 nitrogen and oxygen atoms in total. The monoisotopic (exact) mass is 228 g/mol. The number of nitrogen functional groups attached to an aromatic ring is 1. The van der Waals surface area contributed by atoms with E-state index in [0.717, 1.165) is 17.9 Å². The zero-order chi connectivity index (χ0) is 11.3. The summed E-state index contributed by atoms with van der Waals surface area (Å²) in [7, 11) is 0. The molecule has 84 valence electrons. The number of aryl methyl sites for hydroxylation is 1. The van der Waals surface area contributed by atoms with Gasteiger partial charge in [0.1, 0.15) is 0 Å². The lowest BCUT2D eigenvalue weighted by molar-refractivity contribution is 0.0949. The van der Waals surface area contributed by atoms with Gasteiger partial charge in [-0.3, -0.25) is 9.89 Å². The molecule has 1 rings (SSSR count). The lowest BCUT2D eigenvalue weighted by Crippen LogP contribution is -2.25. The van der Waals surface area contributed by atoms with E-state index in [-0.39, 0.29) is 11.6 Å². The third-order valence-corrected chi connectivity index (χ3v) is 2.72. The molecule has 0 aromatic carbocycles. The van der Waals surface area contributed by atoms with Gasteiger partial charge < -0.3 is 11.1 Å². The molecular formula is C9H16N4OS. The van der Waals surface area contributed by atoms with E-state index in [1.54, 1.807) is 18.7 Å². The number of aromatic nitrogens is 2. The Labute approximate surface area is 93.2 Å². The molecular weight excluding hydrogens is 212 g/mol. The lowest BCUT2D eigenvalue weighted by atomic mass is 10.3. The first-order valence-electron chi connectivity index (χ1n) is 4.74. The maximum absolute atomic E-state index is 11.6. The van der Waals surface area contributed by atoms with Gasteiger partial charge in [0.2, 0.25) is 0 Å². The van der Waals surface area contributed by atoms with Crippen molar-refractivity contribution in [1.29, 1.82) is 0 Å². The van der Waals surface area contributed by atoms with Crippen molar-refractivity contribution in [2.45, 2.75) is 13.3 Å². The molecule has 6 heteroatoms. The van der Waals surface area contributed by atoms with Crippen LogP contribution in [-0.2, 0) is 0 Å². The van der Waals surface area contributed by atoms with Crippen LogP contribution >= 0.6 is 11.8 Å². The van der Waals surface area contributed by atoms with Crippen molar-refractivity contribution >= 4 is 23.4 Å². The molecule has 0 unspecified atom stereocenters. The van der Waals surface area contributed by atoms with Gasteiger partial charge in [0.25, 0.3) is 5.91 Å². The van der Waals surface area contributed by atoms with Crippen LogP contribution < -0.4 is 11.1 Å². The summed E-state index contributed by atoms with van der Waals surface area (Å²) in [5.74, 6) is 0.827. The van der Waals surface area contributed by atoms with Gasteiger partial charge in [0.05, 0.1) is 11.4 Å². The van der Waals surface area contributed by atoms with E-state index < -0.39 is 0 Å². The Hall–Kier alpha value is -1.17. The van der Waals surface area contributed by atoms with Crippen LogP contribution in [0.2, 0.25) is 0 Å². The molecule has 0 saturated heterocycles. The number of H-pyrrole nitrogens is 1. The van der Waals surface area contributed by atoms with E-state index in [1.807, 2.05) is 6.26 Å². The van der Waals surface area contributed by atoms with E-state index in [0.29, 0.717) is 12.2 Å². The van der Waals surface area contributed by atoms with Crippen molar-refractivity contribution in [1.82, 2.24) is 15.5 Å². The summed E-state index contributed by atoms with van der Waals surface area (Å²) < 4.78 is 0. The number of nitrogens with zero attached hydrogens (tertiary/aromatic N) is 1. The zero-order valence-electron chi connectivity index (χ0n) is 8.96. The van der Waals surface area contributed by atoms with Crippen LogP contribution in [-0.4, -0.2) is 34.7 Å². The predicted octanol–water partition coefficient (Wildman–Crippen LogP) is 0.783. The molecule has 4 N–H and O–H groups in total. The van der Waals surface area contributed by atoms with Gasteiger partial charge in [-0.2, -0.15) is 16.9 Å². The summed E-state index contributed by atoms with van der Waals surface area (Å²) in [6, 6.07) is 0. The molecule has 0 aliphatic rings. The molecule has 1 heterocycles. The minimum atomic E-state index is -0.210. The maximum Gasteiger partial charge on any atom is 0.273 e. The van der Waals surface area contributed by atoms with Crippen LogP contribution in [0.3, 0.4) is 0 Å². The average Bonchev–Trinajstić information content (AvgIpc) is 2.55. The summed E-state index contributed by atoms with van der Waals surface area (Å²) in [4.78, 5) is 11.6. The number of hydrogen-bond acceptors (Lipinski definition) is 4. The Kier molecular flexibility index (Phi) is 4.48. The number of nitrogens with two attached hydrogens (primary N) is 1. The third-order valence-electron chi connectivity index (χ3n) is 2.02. The van der Waals surface area contributed by atoms with Crippen molar-refractivity contribution in [2.75, 3.05) is 24.3 Å². The standard InChI is InChI=1S/C9H16N4OS/c1-6-7(10)8(13-12-6)9(14)11-4-3-5-15-2/h3-5,10H2,1-2H3,(H,11,14)(H,12,13). The molecule has 0 bridgehead atoms. The molecule has 0 aliphatic heterocycles. The van der Waals surface area contributed by atoms with Gasteiger partial charge in [-0.05, 0) is 25.4 Å². The normalized spacial score (nSPS) is 10.3. The van der Waals surface area contributed by atoms with Gasteiger partial charge in [0, 0.05) is 6.54 Å². The van der Waals surface area contributed by atoms with Gasteiger partial charge in [-0.1, -0.05) is 0 Å². The molecule has 0 fully saturated rings. The highest BCUT2D eigenvalue weighted by Crippen LogP contribution is 2.11. The average molecular weight is 228 g/mol. The minimum absolute atomic E-state index is 0.210. The summed E-state index contributed by atoms with van der Waals surface area (Å²) in [6.07, 6.45) is 2.99. The van der Waals surface area contributed by atoms with Gasteiger partial charge in [0.15, 0.2) is 5.69 Å². The van der Waals surface area contributed by atoms with Crippen LogP contribution in [0, 0.1) is 6.92 Å². The number of carbonyl (C=O) groups is 1. The number of nitrogens with one attached hydrogen (secondary N) is 2. The van der Waals surface area contributed by atoms with Crippen molar-refractivity contribution < 1.29 is 4.79 Å². The second-order valence-electron chi connectivity index (χ2n) is 3.21. The SMILES string of the molecule is CSCCCNC(=O)c1n[nH]c(C)c1N. The summed E-state index contributed by atoms with van der Waals surface area (Å²) in [6.45, 7) is 2.44. The molecule has 0 aliphatic carbocycles. The number of hydrogen-bond donors (Lipinski definition) is 3. The molecule has 1 aromatic heterocycles. The Balaban J connectivity index is 2.44. The van der Waals surface area contributed by atoms with Crippen molar-refractivity contribution in [3.05, 3.63) is 11.4 Å². The molecule has 1 aromatic rings. The largest absolute Gasteiger partial charge is 0.395 e. The van der Waals surface area contributed by atoms with Gasteiger partial charge in [-0.25, -0.2) is 0 Å². The highest BCUT2D eigenvalue weighted by Gasteiger charge is 2.14. The smallest absolute Gasteiger partial charge is 0.273 e. The second kappa shape index (κ2) is 5.65. The zero-order valence-corrected chi connectivity index (χ0v) is 9.78. The van der Waals surface area contributed by atoms with Gasteiger partial charge >= 0.3 is 0 Å². The molecule has 0 saturated carbocycles. The van der Waals surface area contributed by atoms with E-state index >= 15 is 0 Å². The maximum atomic E-state index is 11.6. The Bertz CT molecular complexity index is 337. The van der Waals surface area contributed by atoms with Crippen LogP contribution in [0.15, 0.2) is 0 Å². The number of rotatable bonds is 5. The minimum Gasteiger partial charge on any atom is -0.395 e. The number of aromatic amines is 1. The first kappa shape index (κ1) is 11.9. The van der Waals surface area contributed by atoms with Crippen molar-refractivity contribution in [2.24, 2.45) is 0 Å². The first-order valence-corrected chi connectivity index (χ1v) is 6.13. The Morgan fingerprint density at radius 2 is 2.40 bits per heavy atom. The fourth-order valence-corrected chi connectivity index (χ4v) is 1.55. The van der Waals surface area contributed by atoms with E-state index in [4.69, 9.17) is 5.73 Å². The highest BCUT2D eigenvalue weighted by atomic mass is 32.2. The summed E-state index contributed by atoms with van der Waals surface area (Å²) in [5.41, 5.74) is 7.12. The van der Waals surface area contributed by atoms with E-state index in [1.165, 1.54) is 0 Å². The number of thioether (sulfide) groups is 1. The number of anilines is 1. The summed E-state index contributed by atoms with van der Waals surface area (Å²) in [5, 5.41) is 9.30. The Morgan fingerprint density at radius 3 is 2.93 bits per heavy atom. The van der Waals surface area contributed by atoms with Crippen molar-refractivity contribution in [3.8, 4) is 0 Å². The number of amides is 1. The second-order valence-corrected chi connectivity index (χ2v) is 4.20. The molecule has 15 heavy (non-hydrogen) atoms. The van der Waals surface area contributed by atoms with E-state index in [2.05, 4.69) is 15.5 Å². The van der Waals surface area contributed by atoms with Crippen LogP contribution in [0.25, 0.3) is 0 Å². The lowest BCUT2D eigenvalue weighted by Gasteiger charge is -2.02. The topological polar surface area (TPSA) is 83.8 Å². The van der Waals surface area contributed by atoms with Crippen molar-refractivity contribution in [3.63, 3.8) is 0 Å². The highest BCUT2D eigenvalue weighted by molar-refractivity contribution is 7.98. The molecule has 1 amide bonds. The van der Waals surface area contributed by atoms with E-state index in [9.17, 15) is 4.79 Å². The quantitative estimate of drug-likeness (QED) is 0.650. The van der Waals surface area contributed by atoms with Crippen LogP contribution in [0.4, 0.5) is 5.69 Å². The number of carbonyl (C=O) groups excluding carboxylic acids is 1. The first-order chi connectivity index (χ1) is 7.16. The van der Waals surface area contributed by atoms with Crippen LogP contribution in [0.5, 0.6) is 0 Å². The fraction of sp³-hybridized carbons (Fsp3) is 0.556. The summed E-state index contributed by atoms with van der Waals surface area (Å²) >= 11 is 1.76. The molecule has 0 spiro atoms. The third kappa shape index (κ3) is 3.16. The molecule has 0 atom stereocenters. The molecule has 0 radical (unpaired) electrons. The Morgan fingerprint density at radius 1 is 1.67 bits per heavy atom. The van der Waals surface area contributed by atoms with Crippen LogP contribution in [0.1, 0.15) is 22.6 Å². The predicted molar refractivity (Wildman–Crippen MR) is 63.1 cm³/mol.